The number of nitro groups is 1. The molecule has 0 aliphatic heterocycles. The van der Waals surface area contributed by atoms with Crippen LogP contribution in [0.1, 0.15) is 18.1 Å². The average molecular weight is 332 g/mol. The Labute approximate surface area is 134 Å². The summed E-state index contributed by atoms with van der Waals surface area (Å²) in [6.45, 7) is 1.71. The van der Waals surface area contributed by atoms with Gasteiger partial charge in [0.15, 0.2) is 5.75 Å². The predicted molar refractivity (Wildman–Crippen MR) is 87.5 cm³/mol. The molecule has 0 fully saturated rings. The van der Waals surface area contributed by atoms with Gasteiger partial charge in [-0.2, -0.15) is 0 Å². The van der Waals surface area contributed by atoms with E-state index >= 15 is 0 Å². The molecule has 2 rings (SSSR count). The second-order valence-corrected chi connectivity index (χ2v) is 5.06. The number of hydrogen-bond donors (Lipinski definition) is 0. The van der Waals surface area contributed by atoms with Gasteiger partial charge in [-0.05, 0) is 28.3 Å². The number of para-hydroxylation sites is 1. The fourth-order valence-corrected chi connectivity index (χ4v) is 2.17. The number of rotatable bonds is 7. The Morgan fingerprint density at radius 2 is 1.91 bits per heavy atom. The van der Waals surface area contributed by atoms with Crippen LogP contribution in [0.5, 0.6) is 11.5 Å². The van der Waals surface area contributed by atoms with Gasteiger partial charge in [0, 0.05) is 18.6 Å². The molecular weight excluding hydrogens is 317 g/mol. The Balaban J connectivity index is 2.03. The Morgan fingerprint density at radius 1 is 1.22 bits per heavy atom. The molecule has 6 nitrogen and oxygen atoms in total. The Kier molecular flexibility index (Phi) is 5.83. The van der Waals surface area contributed by atoms with Gasteiger partial charge in [0.25, 0.3) is 0 Å². The maximum Gasteiger partial charge on any atom is 0.542 e. The summed E-state index contributed by atoms with van der Waals surface area (Å²) >= 11 is 0. The first kappa shape index (κ1) is 16.6. The normalized spacial score (nSPS) is 11.3. The molecule has 0 saturated heterocycles. The molecule has 0 bridgehead atoms. The number of allylic oxidation sites excluding steroid dienone is 1. The Bertz CT molecular complexity index is 728. The Morgan fingerprint density at radius 3 is 2.57 bits per heavy atom. The minimum absolute atomic E-state index is 0.0724. The summed E-state index contributed by atoms with van der Waals surface area (Å²) in [5.74, 6) is 1.14. The van der Waals surface area contributed by atoms with Crippen LogP contribution in [0.25, 0.3) is 6.08 Å². The van der Waals surface area contributed by atoms with E-state index in [9.17, 15) is 14.7 Å². The summed E-state index contributed by atoms with van der Waals surface area (Å²) in [6, 6.07) is 14.1. The monoisotopic (exact) mass is 332 g/mol. The van der Waals surface area contributed by atoms with E-state index < -0.39 is 13.6 Å². The van der Waals surface area contributed by atoms with E-state index in [0.29, 0.717) is 11.5 Å². The minimum atomic E-state index is -0.871. The zero-order valence-electron chi connectivity index (χ0n) is 12.4. The molecule has 23 heavy (non-hydrogen) atoms. The van der Waals surface area contributed by atoms with Crippen LogP contribution in [0, 0.1) is 10.1 Å². The van der Waals surface area contributed by atoms with Crippen molar-refractivity contribution in [1.29, 1.82) is 0 Å². The van der Waals surface area contributed by atoms with Crippen molar-refractivity contribution in [3.63, 3.8) is 0 Å². The number of ether oxygens (including phenoxy) is 1. The second-order valence-electron chi connectivity index (χ2n) is 4.69. The van der Waals surface area contributed by atoms with Gasteiger partial charge in [-0.25, -0.2) is 0 Å². The fraction of sp³-hybridized carbons (Fsp3) is 0.125. The standard InChI is InChI=1S/C16H15NO5P/c1-12(17(18)19)10-13-6-8-15(9-7-13)21-11-14-4-2-3-5-16(14)22-23-20/h2-10,23H,11H2,1H3/q+1. The zero-order chi connectivity index (χ0) is 16.7. The quantitative estimate of drug-likeness (QED) is 0.431. The van der Waals surface area contributed by atoms with Crippen molar-refractivity contribution in [2.45, 2.75) is 13.5 Å². The van der Waals surface area contributed by atoms with Crippen LogP contribution >= 0.6 is 8.69 Å². The second kappa shape index (κ2) is 8.06. The van der Waals surface area contributed by atoms with Crippen LogP contribution in [0.4, 0.5) is 0 Å². The summed E-state index contributed by atoms with van der Waals surface area (Å²) in [5, 5.41) is 10.6. The van der Waals surface area contributed by atoms with Crippen LogP contribution in [-0.2, 0) is 11.2 Å². The first-order valence-corrected chi connectivity index (χ1v) is 7.59. The molecule has 0 aliphatic carbocycles. The van der Waals surface area contributed by atoms with Crippen LogP contribution < -0.4 is 9.26 Å². The predicted octanol–water partition coefficient (Wildman–Crippen LogP) is 4.22. The van der Waals surface area contributed by atoms with Crippen LogP contribution in [0.2, 0.25) is 0 Å². The molecule has 0 heterocycles. The molecule has 0 amide bonds. The van der Waals surface area contributed by atoms with Crippen molar-refractivity contribution >= 4 is 14.8 Å². The number of hydrogen-bond acceptors (Lipinski definition) is 5. The molecule has 0 aromatic heterocycles. The van der Waals surface area contributed by atoms with E-state index in [4.69, 9.17) is 9.26 Å². The van der Waals surface area contributed by atoms with Crippen molar-refractivity contribution in [3.05, 3.63) is 75.5 Å². The lowest BCUT2D eigenvalue weighted by atomic mass is 10.2. The lowest BCUT2D eigenvalue weighted by Crippen LogP contribution is -1.97. The minimum Gasteiger partial charge on any atom is -0.489 e. The summed E-state index contributed by atoms with van der Waals surface area (Å²) in [5.41, 5.74) is 1.58. The van der Waals surface area contributed by atoms with Gasteiger partial charge in [-0.15, -0.1) is 0 Å². The van der Waals surface area contributed by atoms with Gasteiger partial charge in [0.1, 0.15) is 12.4 Å². The van der Waals surface area contributed by atoms with E-state index in [-0.39, 0.29) is 12.3 Å². The van der Waals surface area contributed by atoms with Gasteiger partial charge < -0.3 is 4.74 Å². The molecule has 0 aliphatic rings. The third-order valence-electron chi connectivity index (χ3n) is 3.06. The molecule has 0 N–H and O–H groups in total. The molecular formula is C16H15NO5P+. The third-order valence-corrected chi connectivity index (χ3v) is 3.37. The van der Waals surface area contributed by atoms with Gasteiger partial charge in [0.05, 0.1) is 4.92 Å². The average Bonchev–Trinajstić information content (AvgIpc) is 2.55. The highest BCUT2D eigenvalue weighted by Crippen LogP contribution is 2.23. The molecule has 0 saturated carbocycles. The van der Waals surface area contributed by atoms with Crippen molar-refractivity contribution in [1.82, 2.24) is 0 Å². The summed E-state index contributed by atoms with van der Waals surface area (Å²) in [6.07, 6.45) is 1.49. The van der Waals surface area contributed by atoms with E-state index in [2.05, 4.69) is 0 Å². The molecule has 0 spiro atoms. The highest BCUT2D eigenvalue weighted by atomic mass is 31.1. The van der Waals surface area contributed by atoms with E-state index in [1.54, 1.807) is 36.4 Å². The van der Waals surface area contributed by atoms with Crippen LogP contribution in [-0.4, -0.2) is 4.92 Å². The lowest BCUT2D eigenvalue weighted by molar-refractivity contribution is -0.422. The van der Waals surface area contributed by atoms with E-state index in [1.165, 1.54) is 13.0 Å². The highest BCUT2D eigenvalue weighted by molar-refractivity contribution is 7.17. The first-order chi connectivity index (χ1) is 11.1. The summed E-state index contributed by atoms with van der Waals surface area (Å²) in [7, 11) is -0.871. The first-order valence-electron chi connectivity index (χ1n) is 6.77. The van der Waals surface area contributed by atoms with E-state index in [0.717, 1.165) is 11.1 Å². The van der Waals surface area contributed by atoms with Gasteiger partial charge >= 0.3 is 8.69 Å². The van der Waals surface area contributed by atoms with Crippen LogP contribution in [0.15, 0.2) is 54.2 Å². The number of benzene rings is 2. The van der Waals surface area contributed by atoms with Crippen molar-refractivity contribution in [2.75, 3.05) is 0 Å². The molecule has 1 unspecified atom stereocenters. The van der Waals surface area contributed by atoms with Gasteiger partial charge in [0.2, 0.25) is 5.70 Å². The third kappa shape index (κ3) is 4.90. The zero-order valence-corrected chi connectivity index (χ0v) is 13.4. The number of nitrogens with zero attached hydrogens (tertiary/aromatic N) is 1. The molecule has 2 aromatic rings. The van der Waals surface area contributed by atoms with E-state index in [1.807, 2.05) is 12.1 Å². The smallest absolute Gasteiger partial charge is 0.489 e. The molecule has 1 atom stereocenters. The topological polar surface area (TPSA) is 78.7 Å². The fourth-order valence-electron chi connectivity index (χ4n) is 1.88. The molecule has 118 valence electrons. The van der Waals surface area contributed by atoms with Gasteiger partial charge in [-0.3, -0.25) is 14.6 Å². The lowest BCUT2D eigenvalue weighted by Gasteiger charge is -2.07. The largest absolute Gasteiger partial charge is 0.542 e. The maximum atomic E-state index is 10.6. The highest BCUT2D eigenvalue weighted by Gasteiger charge is 2.08. The maximum absolute atomic E-state index is 10.6. The van der Waals surface area contributed by atoms with Gasteiger partial charge in [-0.1, -0.05) is 30.3 Å². The van der Waals surface area contributed by atoms with Crippen molar-refractivity contribution in [3.8, 4) is 11.5 Å². The SMILES string of the molecule is CC(=Cc1ccc(OCc2ccccc2O[PH+]=O)cc1)[N+](=O)[O-]. The summed E-state index contributed by atoms with van der Waals surface area (Å²) in [4.78, 5) is 10.2. The molecule has 0 radical (unpaired) electrons. The van der Waals surface area contributed by atoms with Crippen molar-refractivity contribution < 1.29 is 18.7 Å². The van der Waals surface area contributed by atoms with Crippen molar-refractivity contribution in [2.24, 2.45) is 0 Å². The Hall–Kier alpha value is -2.72. The molecule has 2 aromatic carbocycles. The molecule has 7 heteroatoms. The summed E-state index contributed by atoms with van der Waals surface area (Å²) < 4.78 is 21.3. The van der Waals surface area contributed by atoms with Crippen LogP contribution in [0.3, 0.4) is 0 Å².